The summed E-state index contributed by atoms with van der Waals surface area (Å²) in [6.45, 7) is 0. The van der Waals surface area contributed by atoms with Crippen LogP contribution >= 0.6 is 27.5 Å². The number of fused-ring (bicyclic) bond motifs is 1. The van der Waals surface area contributed by atoms with E-state index in [0.29, 0.717) is 16.5 Å². The molecule has 0 fully saturated rings. The molecule has 0 radical (unpaired) electrons. The number of imidazole rings is 1. The van der Waals surface area contributed by atoms with Crippen molar-refractivity contribution >= 4 is 44.7 Å². The van der Waals surface area contributed by atoms with Gasteiger partial charge in [0.15, 0.2) is 0 Å². The average Bonchev–Trinajstić information content (AvgIpc) is 2.78. The molecular weight excluding hydrogens is 352 g/mol. The molecule has 21 heavy (non-hydrogen) atoms. The Kier molecular flexibility index (Phi) is 3.55. The lowest BCUT2D eigenvalue weighted by Crippen LogP contribution is -2.09. The number of rotatable bonds is 2. The molecule has 0 amide bonds. The van der Waals surface area contributed by atoms with Crippen LogP contribution in [0, 0.1) is 0 Å². The van der Waals surface area contributed by atoms with Crippen molar-refractivity contribution in [2.75, 3.05) is 24.7 Å². The van der Waals surface area contributed by atoms with Crippen LogP contribution in [0.1, 0.15) is 0 Å². The highest BCUT2D eigenvalue weighted by molar-refractivity contribution is 9.10. The maximum Gasteiger partial charge on any atom is 0.139 e. The maximum absolute atomic E-state index is 6.28. The van der Waals surface area contributed by atoms with Gasteiger partial charge in [0, 0.05) is 30.3 Å². The summed E-state index contributed by atoms with van der Waals surface area (Å²) < 4.78 is 2.81. The lowest BCUT2D eigenvalue weighted by Gasteiger charge is -2.12. The number of nitrogens with two attached hydrogens (primary N) is 1. The number of halogens is 2. The average molecular weight is 366 g/mol. The van der Waals surface area contributed by atoms with Gasteiger partial charge in [-0.05, 0) is 30.3 Å². The van der Waals surface area contributed by atoms with Crippen molar-refractivity contribution in [2.45, 2.75) is 0 Å². The number of pyridine rings is 1. The fourth-order valence-electron chi connectivity index (χ4n) is 2.19. The number of benzene rings is 1. The van der Waals surface area contributed by atoms with E-state index in [2.05, 4.69) is 20.9 Å². The molecule has 4 nitrogen and oxygen atoms in total. The number of nitrogens with zero attached hydrogens (tertiary/aromatic N) is 3. The molecule has 0 unspecified atom stereocenters. The SMILES string of the molecule is CN(C)c1ccc2nc(-c3cc(Br)ccc3Cl)c(N)n2c1. The predicted octanol–water partition coefficient (Wildman–Crippen LogP) is 4.07. The van der Waals surface area contributed by atoms with E-state index >= 15 is 0 Å². The number of nitrogen functional groups attached to an aromatic ring is 1. The molecule has 0 bridgehead atoms. The van der Waals surface area contributed by atoms with Gasteiger partial charge in [-0.3, -0.25) is 4.40 Å². The second-order valence-electron chi connectivity index (χ2n) is 4.98. The van der Waals surface area contributed by atoms with E-state index in [9.17, 15) is 0 Å². The molecule has 2 heterocycles. The minimum absolute atomic E-state index is 0.578. The van der Waals surface area contributed by atoms with Gasteiger partial charge in [-0.25, -0.2) is 4.98 Å². The molecule has 2 aromatic heterocycles. The first-order chi connectivity index (χ1) is 9.97. The van der Waals surface area contributed by atoms with Crippen LogP contribution < -0.4 is 10.6 Å². The van der Waals surface area contributed by atoms with Crippen molar-refractivity contribution in [3.8, 4) is 11.3 Å². The molecular formula is C15H14BrClN4. The minimum Gasteiger partial charge on any atom is -0.383 e. The normalized spacial score (nSPS) is 11.0. The van der Waals surface area contributed by atoms with Crippen LogP contribution in [0.5, 0.6) is 0 Å². The zero-order chi connectivity index (χ0) is 15.1. The van der Waals surface area contributed by atoms with Gasteiger partial charge in [0.25, 0.3) is 0 Å². The Morgan fingerprint density at radius 3 is 2.71 bits per heavy atom. The van der Waals surface area contributed by atoms with E-state index in [4.69, 9.17) is 17.3 Å². The van der Waals surface area contributed by atoms with Crippen molar-refractivity contribution in [3.05, 3.63) is 46.0 Å². The molecule has 1 aromatic carbocycles. The Bertz CT molecular complexity index is 826. The van der Waals surface area contributed by atoms with E-state index in [-0.39, 0.29) is 0 Å². The standard InChI is InChI=1S/C15H14BrClN4/c1-20(2)10-4-6-13-19-14(15(18)21(13)8-10)11-7-9(16)3-5-12(11)17/h3-8H,18H2,1-2H3. The number of aromatic nitrogens is 2. The van der Waals surface area contributed by atoms with Crippen molar-refractivity contribution in [2.24, 2.45) is 0 Å². The van der Waals surface area contributed by atoms with Gasteiger partial charge in [0.2, 0.25) is 0 Å². The number of anilines is 2. The fraction of sp³-hybridized carbons (Fsp3) is 0.133. The van der Waals surface area contributed by atoms with Crippen molar-refractivity contribution in [1.29, 1.82) is 0 Å². The van der Waals surface area contributed by atoms with Gasteiger partial charge in [-0.1, -0.05) is 27.5 Å². The smallest absolute Gasteiger partial charge is 0.139 e. The summed E-state index contributed by atoms with van der Waals surface area (Å²) in [7, 11) is 3.97. The molecule has 3 aromatic rings. The first kappa shape index (κ1) is 14.2. The highest BCUT2D eigenvalue weighted by Crippen LogP contribution is 2.34. The maximum atomic E-state index is 6.28. The van der Waals surface area contributed by atoms with Crippen molar-refractivity contribution in [3.63, 3.8) is 0 Å². The van der Waals surface area contributed by atoms with Gasteiger partial charge in [-0.2, -0.15) is 0 Å². The molecule has 0 atom stereocenters. The molecule has 0 saturated heterocycles. The summed E-state index contributed by atoms with van der Waals surface area (Å²) in [4.78, 5) is 6.62. The Morgan fingerprint density at radius 1 is 1.24 bits per heavy atom. The highest BCUT2D eigenvalue weighted by Gasteiger charge is 2.15. The molecule has 0 saturated carbocycles. The summed E-state index contributed by atoms with van der Waals surface area (Å²) >= 11 is 9.73. The lowest BCUT2D eigenvalue weighted by atomic mass is 10.1. The van der Waals surface area contributed by atoms with E-state index in [1.54, 1.807) is 0 Å². The minimum atomic E-state index is 0.578. The van der Waals surface area contributed by atoms with Crippen LogP contribution in [0.15, 0.2) is 41.0 Å². The van der Waals surface area contributed by atoms with Crippen LogP contribution in [-0.4, -0.2) is 23.5 Å². The van der Waals surface area contributed by atoms with Crippen LogP contribution in [0.4, 0.5) is 11.5 Å². The zero-order valence-electron chi connectivity index (χ0n) is 11.6. The van der Waals surface area contributed by atoms with Crippen LogP contribution in [-0.2, 0) is 0 Å². The first-order valence-electron chi connectivity index (χ1n) is 6.37. The third-order valence-corrected chi connectivity index (χ3v) is 4.16. The van der Waals surface area contributed by atoms with E-state index in [1.807, 2.05) is 59.9 Å². The number of hydrogen-bond donors (Lipinski definition) is 1. The molecule has 0 spiro atoms. The molecule has 3 rings (SSSR count). The highest BCUT2D eigenvalue weighted by atomic mass is 79.9. The Morgan fingerprint density at radius 2 is 2.00 bits per heavy atom. The van der Waals surface area contributed by atoms with E-state index in [1.165, 1.54) is 0 Å². The van der Waals surface area contributed by atoms with Gasteiger partial charge >= 0.3 is 0 Å². The predicted molar refractivity (Wildman–Crippen MR) is 92.1 cm³/mol. The van der Waals surface area contributed by atoms with Crippen molar-refractivity contribution in [1.82, 2.24) is 9.38 Å². The van der Waals surface area contributed by atoms with Crippen molar-refractivity contribution < 1.29 is 0 Å². The van der Waals surface area contributed by atoms with Crippen LogP contribution in [0.25, 0.3) is 16.9 Å². The third-order valence-electron chi connectivity index (χ3n) is 3.34. The van der Waals surface area contributed by atoms with E-state index < -0.39 is 0 Å². The zero-order valence-corrected chi connectivity index (χ0v) is 14.0. The lowest BCUT2D eigenvalue weighted by molar-refractivity contribution is 1.09. The molecule has 0 aliphatic heterocycles. The van der Waals surface area contributed by atoms with Crippen LogP contribution in [0.3, 0.4) is 0 Å². The topological polar surface area (TPSA) is 46.6 Å². The number of hydrogen-bond acceptors (Lipinski definition) is 3. The Balaban J connectivity index is 2.24. The Hall–Kier alpha value is -1.72. The monoisotopic (exact) mass is 364 g/mol. The molecule has 2 N–H and O–H groups in total. The third kappa shape index (κ3) is 2.47. The largest absolute Gasteiger partial charge is 0.383 e. The van der Waals surface area contributed by atoms with Gasteiger partial charge in [0.1, 0.15) is 17.2 Å². The van der Waals surface area contributed by atoms with Gasteiger partial charge in [-0.15, -0.1) is 0 Å². The van der Waals surface area contributed by atoms with E-state index in [0.717, 1.165) is 21.4 Å². The summed E-state index contributed by atoms with van der Waals surface area (Å²) in [5.41, 5.74) is 9.63. The molecule has 0 aliphatic rings. The second kappa shape index (κ2) is 5.24. The second-order valence-corrected chi connectivity index (χ2v) is 6.30. The fourth-order valence-corrected chi connectivity index (χ4v) is 2.76. The van der Waals surface area contributed by atoms with Crippen LogP contribution in [0.2, 0.25) is 5.02 Å². The van der Waals surface area contributed by atoms with Gasteiger partial charge < -0.3 is 10.6 Å². The first-order valence-corrected chi connectivity index (χ1v) is 7.55. The summed E-state index contributed by atoms with van der Waals surface area (Å²) in [5, 5.41) is 0.626. The summed E-state index contributed by atoms with van der Waals surface area (Å²) in [6, 6.07) is 9.60. The Labute approximate surface area is 136 Å². The molecule has 6 heteroatoms. The molecule has 108 valence electrons. The van der Waals surface area contributed by atoms with Gasteiger partial charge in [0.05, 0.1) is 10.7 Å². The summed E-state index contributed by atoms with van der Waals surface area (Å²) in [6.07, 6.45) is 1.97. The summed E-state index contributed by atoms with van der Waals surface area (Å²) in [5.74, 6) is 0.578. The quantitative estimate of drug-likeness (QED) is 0.745. The molecule has 0 aliphatic carbocycles.